The molecule has 0 aliphatic heterocycles. The molecule has 0 spiro atoms. The maximum absolute atomic E-state index is 11.5. The zero-order valence-corrected chi connectivity index (χ0v) is 12.5. The van der Waals surface area contributed by atoms with E-state index in [4.69, 9.17) is 14.2 Å². The summed E-state index contributed by atoms with van der Waals surface area (Å²) < 4.78 is 15.3. The minimum Gasteiger partial charge on any atom is -0.465 e. The van der Waals surface area contributed by atoms with Crippen LogP contribution < -0.4 is 0 Å². The van der Waals surface area contributed by atoms with Gasteiger partial charge in [0.1, 0.15) is 5.25 Å². The highest BCUT2D eigenvalue weighted by Gasteiger charge is 2.15. The lowest BCUT2D eigenvalue weighted by molar-refractivity contribution is -0.142. The quantitative estimate of drug-likeness (QED) is 0.437. The van der Waals surface area contributed by atoms with Gasteiger partial charge in [0.2, 0.25) is 0 Å². The summed E-state index contributed by atoms with van der Waals surface area (Å²) in [4.78, 5) is 12.5. The van der Waals surface area contributed by atoms with Crippen molar-refractivity contribution in [3.8, 4) is 0 Å². The van der Waals surface area contributed by atoms with Crippen LogP contribution in [-0.2, 0) is 19.0 Å². The van der Waals surface area contributed by atoms with Crippen LogP contribution in [0.25, 0.3) is 0 Å². The third-order valence-corrected chi connectivity index (χ3v) is 3.60. The maximum atomic E-state index is 11.5. The van der Waals surface area contributed by atoms with Gasteiger partial charge in [-0.3, -0.25) is 4.79 Å². The first-order valence-electron chi connectivity index (χ1n) is 6.11. The third-order valence-electron chi connectivity index (χ3n) is 2.51. The third kappa shape index (κ3) is 4.86. The molecule has 0 aromatic heterocycles. The van der Waals surface area contributed by atoms with Crippen molar-refractivity contribution in [2.24, 2.45) is 0 Å². The minimum atomic E-state index is -0.360. The van der Waals surface area contributed by atoms with Crippen LogP contribution in [0.15, 0.2) is 29.2 Å². The summed E-state index contributed by atoms with van der Waals surface area (Å²) in [7, 11) is 3.19. The number of rotatable bonds is 7. The van der Waals surface area contributed by atoms with E-state index in [2.05, 4.69) is 0 Å². The molecular formula is C14H20O4S. The van der Waals surface area contributed by atoms with Gasteiger partial charge in [-0.25, -0.2) is 0 Å². The lowest BCUT2D eigenvalue weighted by Gasteiger charge is -2.14. The Kier molecular flexibility index (Phi) is 6.91. The summed E-state index contributed by atoms with van der Waals surface area (Å²) >= 11 is 1.47. The summed E-state index contributed by atoms with van der Waals surface area (Å²) in [5.74, 6) is -0.191. The number of carbonyl (C=O) groups excluding carboxylic acids is 1. The number of hydrogen-bond donors (Lipinski definition) is 0. The average Bonchev–Trinajstić information content (AvgIpc) is 2.42. The number of thioether (sulfide) groups is 1. The molecule has 0 saturated carbocycles. The SMILES string of the molecule is CCOC(=O)C(C)Sc1ccc(C(OC)OC)cc1. The van der Waals surface area contributed by atoms with Crippen LogP contribution >= 0.6 is 11.8 Å². The molecule has 0 aliphatic carbocycles. The van der Waals surface area contributed by atoms with Gasteiger partial charge < -0.3 is 14.2 Å². The molecule has 0 bridgehead atoms. The smallest absolute Gasteiger partial charge is 0.319 e. The first kappa shape index (κ1) is 16.0. The standard InChI is InChI=1S/C14H20O4S/c1-5-18-13(15)10(2)19-12-8-6-11(7-9-12)14(16-3)17-4/h6-10,14H,5H2,1-4H3. The van der Waals surface area contributed by atoms with E-state index in [-0.39, 0.29) is 17.5 Å². The van der Waals surface area contributed by atoms with Crippen molar-refractivity contribution < 1.29 is 19.0 Å². The van der Waals surface area contributed by atoms with Crippen molar-refractivity contribution in [3.05, 3.63) is 29.8 Å². The molecule has 1 atom stereocenters. The number of carbonyl (C=O) groups is 1. The Bertz CT molecular complexity index is 387. The monoisotopic (exact) mass is 284 g/mol. The largest absolute Gasteiger partial charge is 0.465 e. The maximum Gasteiger partial charge on any atom is 0.319 e. The van der Waals surface area contributed by atoms with Crippen molar-refractivity contribution in [3.63, 3.8) is 0 Å². The van der Waals surface area contributed by atoms with E-state index < -0.39 is 0 Å². The van der Waals surface area contributed by atoms with Gasteiger partial charge in [-0.05, 0) is 26.0 Å². The van der Waals surface area contributed by atoms with E-state index in [1.54, 1.807) is 21.1 Å². The highest BCUT2D eigenvalue weighted by Crippen LogP contribution is 2.26. The second-order valence-corrected chi connectivity index (χ2v) is 5.30. The number of hydrogen-bond acceptors (Lipinski definition) is 5. The Morgan fingerprint density at radius 2 is 1.79 bits per heavy atom. The summed E-state index contributed by atoms with van der Waals surface area (Å²) in [5.41, 5.74) is 0.943. The first-order valence-corrected chi connectivity index (χ1v) is 6.99. The Hall–Kier alpha value is -1.04. The minimum absolute atomic E-state index is 0.191. The summed E-state index contributed by atoms with van der Waals surface area (Å²) in [5, 5.41) is -0.216. The highest BCUT2D eigenvalue weighted by molar-refractivity contribution is 8.00. The van der Waals surface area contributed by atoms with Gasteiger partial charge in [0.25, 0.3) is 0 Å². The molecule has 0 fully saturated rings. The van der Waals surface area contributed by atoms with Crippen molar-refractivity contribution in [2.45, 2.75) is 30.3 Å². The van der Waals surface area contributed by atoms with Crippen LogP contribution in [0.4, 0.5) is 0 Å². The predicted octanol–water partition coefficient (Wildman–Crippen LogP) is 3.02. The molecule has 0 heterocycles. The lowest BCUT2D eigenvalue weighted by atomic mass is 10.2. The molecular weight excluding hydrogens is 264 g/mol. The molecule has 0 aliphatic rings. The molecule has 1 aromatic rings. The average molecular weight is 284 g/mol. The van der Waals surface area contributed by atoms with Gasteiger partial charge in [-0.2, -0.15) is 0 Å². The lowest BCUT2D eigenvalue weighted by Crippen LogP contribution is -2.16. The molecule has 0 amide bonds. The number of benzene rings is 1. The van der Waals surface area contributed by atoms with Gasteiger partial charge in [0.05, 0.1) is 6.61 Å². The molecule has 1 unspecified atom stereocenters. The molecule has 1 aromatic carbocycles. The second-order valence-electron chi connectivity index (χ2n) is 3.88. The number of methoxy groups -OCH3 is 2. The van der Waals surface area contributed by atoms with Gasteiger partial charge >= 0.3 is 5.97 Å². The number of esters is 1. The Morgan fingerprint density at radius 3 is 2.26 bits per heavy atom. The van der Waals surface area contributed by atoms with Crippen molar-refractivity contribution in [2.75, 3.05) is 20.8 Å². The molecule has 0 radical (unpaired) electrons. The number of ether oxygens (including phenoxy) is 3. The zero-order valence-electron chi connectivity index (χ0n) is 11.7. The summed E-state index contributed by atoms with van der Waals surface area (Å²) in [6.45, 7) is 4.05. The summed E-state index contributed by atoms with van der Waals surface area (Å²) in [6, 6.07) is 7.75. The normalized spacial score (nSPS) is 12.5. The van der Waals surface area contributed by atoms with E-state index in [1.807, 2.05) is 31.2 Å². The van der Waals surface area contributed by atoms with E-state index in [0.29, 0.717) is 6.61 Å². The Balaban J connectivity index is 2.64. The zero-order chi connectivity index (χ0) is 14.3. The molecule has 4 nitrogen and oxygen atoms in total. The Labute approximate surface area is 118 Å². The van der Waals surface area contributed by atoms with Crippen LogP contribution in [0.3, 0.4) is 0 Å². The van der Waals surface area contributed by atoms with E-state index in [9.17, 15) is 4.79 Å². The van der Waals surface area contributed by atoms with Crippen molar-refractivity contribution in [1.82, 2.24) is 0 Å². The van der Waals surface area contributed by atoms with Crippen LogP contribution in [0.5, 0.6) is 0 Å². The van der Waals surface area contributed by atoms with Crippen molar-refractivity contribution in [1.29, 1.82) is 0 Å². The molecule has 0 N–H and O–H groups in total. The van der Waals surface area contributed by atoms with Gasteiger partial charge in [0.15, 0.2) is 6.29 Å². The predicted molar refractivity (Wildman–Crippen MR) is 75.2 cm³/mol. The van der Waals surface area contributed by atoms with Crippen LogP contribution in [0.1, 0.15) is 25.7 Å². The van der Waals surface area contributed by atoms with E-state index in [0.717, 1.165) is 10.5 Å². The van der Waals surface area contributed by atoms with E-state index >= 15 is 0 Å². The second kappa shape index (κ2) is 8.19. The fraction of sp³-hybridized carbons (Fsp3) is 0.500. The fourth-order valence-corrected chi connectivity index (χ4v) is 2.45. The van der Waals surface area contributed by atoms with Crippen LogP contribution in [-0.4, -0.2) is 32.0 Å². The van der Waals surface area contributed by atoms with Gasteiger partial charge in [-0.15, -0.1) is 11.8 Å². The van der Waals surface area contributed by atoms with Crippen LogP contribution in [0.2, 0.25) is 0 Å². The topological polar surface area (TPSA) is 44.8 Å². The van der Waals surface area contributed by atoms with Crippen molar-refractivity contribution >= 4 is 17.7 Å². The van der Waals surface area contributed by atoms with Crippen LogP contribution in [0, 0.1) is 0 Å². The molecule has 1 rings (SSSR count). The molecule has 19 heavy (non-hydrogen) atoms. The first-order chi connectivity index (χ1) is 9.12. The molecule has 106 valence electrons. The van der Waals surface area contributed by atoms with E-state index in [1.165, 1.54) is 11.8 Å². The Morgan fingerprint density at radius 1 is 1.21 bits per heavy atom. The fourth-order valence-electron chi connectivity index (χ4n) is 1.58. The molecule has 5 heteroatoms. The summed E-state index contributed by atoms with van der Waals surface area (Å²) in [6.07, 6.45) is -0.360. The van der Waals surface area contributed by atoms with Gasteiger partial charge in [0, 0.05) is 24.7 Å². The highest BCUT2D eigenvalue weighted by atomic mass is 32.2. The van der Waals surface area contributed by atoms with Gasteiger partial charge in [-0.1, -0.05) is 12.1 Å². The molecule has 0 saturated heterocycles.